The molecule has 0 radical (unpaired) electrons. The maximum absolute atomic E-state index is 10.1. The summed E-state index contributed by atoms with van der Waals surface area (Å²) in [6.45, 7) is 5.32. The zero-order chi connectivity index (χ0) is 13.4. The van der Waals surface area contributed by atoms with Crippen molar-refractivity contribution in [1.29, 1.82) is 0 Å². The van der Waals surface area contributed by atoms with Gasteiger partial charge in [0.05, 0.1) is 11.1 Å². The van der Waals surface area contributed by atoms with Crippen LogP contribution in [0.25, 0.3) is 0 Å². The van der Waals surface area contributed by atoms with Crippen molar-refractivity contribution >= 4 is 11.3 Å². The number of thiazole rings is 1. The second-order valence-electron chi connectivity index (χ2n) is 5.48. The summed E-state index contributed by atoms with van der Waals surface area (Å²) < 4.78 is 2.38. The van der Waals surface area contributed by atoms with Gasteiger partial charge in [-0.2, -0.15) is 0 Å². The molecule has 4 heteroatoms. The summed E-state index contributed by atoms with van der Waals surface area (Å²) in [5, 5.41) is 13.3. The topological polar surface area (TPSA) is 38.0 Å². The molecular formula is C15H20N2OS. The number of rotatable bonds is 3. The lowest BCUT2D eigenvalue weighted by Gasteiger charge is -2.21. The third-order valence-electron chi connectivity index (χ3n) is 4.03. The number of aryl methyl sites for hydroxylation is 1. The summed E-state index contributed by atoms with van der Waals surface area (Å²) in [7, 11) is 0. The standard InChI is InChI=1S/C15H20N2OS/c1-10(15-16-6-7-19-15)9-17-11(2)8-12-13(17)4-3-5-14(12)18/h6-8,10,14,18H,3-5,9H2,1-2H3. The fraction of sp³-hybridized carbons (Fsp3) is 0.533. The van der Waals surface area contributed by atoms with Gasteiger partial charge in [-0.25, -0.2) is 4.98 Å². The smallest absolute Gasteiger partial charge is 0.0970 e. The minimum atomic E-state index is -0.265. The maximum Gasteiger partial charge on any atom is 0.0970 e. The molecule has 0 aromatic carbocycles. The van der Waals surface area contributed by atoms with E-state index >= 15 is 0 Å². The van der Waals surface area contributed by atoms with Gasteiger partial charge in [-0.05, 0) is 32.3 Å². The van der Waals surface area contributed by atoms with E-state index in [2.05, 4.69) is 29.5 Å². The van der Waals surface area contributed by atoms with Gasteiger partial charge in [0, 0.05) is 41.0 Å². The Morgan fingerprint density at radius 1 is 1.58 bits per heavy atom. The molecule has 2 unspecified atom stereocenters. The Kier molecular flexibility index (Phi) is 3.46. The number of aliphatic hydroxyl groups is 1. The summed E-state index contributed by atoms with van der Waals surface area (Å²) in [5.41, 5.74) is 3.74. The van der Waals surface area contributed by atoms with Crippen LogP contribution in [0.3, 0.4) is 0 Å². The maximum atomic E-state index is 10.1. The third kappa shape index (κ3) is 2.35. The molecule has 0 bridgehead atoms. The lowest BCUT2D eigenvalue weighted by atomic mass is 9.95. The van der Waals surface area contributed by atoms with Crippen LogP contribution in [0.1, 0.15) is 53.7 Å². The first-order valence-electron chi connectivity index (χ1n) is 6.93. The molecule has 1 N–H and O–H groups in total. The van der Waals surface area contributed by atoms with Gasteiger partial charge in [-0.1, -0.05) is 6.92 Å². The van der Waals surface area contributed by atoms with Crippen LogP contribution >= 0.6 is 11.3 Å². The Balaban J connectivity index is 1.89. The number of fused-ring (bicyclic) bond motifs is 1. The molecule has 2 atom stereocenters. The molecule has 1 aliphatic carbocycles. The summed E-state index contributed by atoms with van der Waals surface area (Å²) in [6.07, 6.45) is 4.68. The fourth-order valence-corrected chi connectivity index (χ4v) is 3.71. The Morgan fingerprint density at radius 3 is 3.16 bits per heavy atom. The third-order valence-corrected chi connectivity index (χ3v) is 5.04. The summed E-state index contributed by atoms with van der Waals surface area (Å²) >= 11 is 1.72. The van der Waals surface area contributed by atoms with Gasteiger partial charge in [0.2, 0.25) is 0 Å². The highest BCUT2D eigenvalue weighted by atomic mass is 32.1. The first kappa shape index (κ1) is 12.9. The number of hydrogen-bond acceptors (Lipinski definition) is 3. The number of aliphatic hydroxyl groups excluding tert-OH is 1. The van der Waals surface area contributed by atoms with Crippen molar-refractivity contribution in [3.8, 4) is 0 Å². The van der Waals surface area contributed by atoms with E-state index in [0.29, 0.717) is 5.92 Å². The largest absolute Gasteiger partial charge is 0.388 e. The van der Waals surface area contributed by atoms with Crippen molar-refractivity contribution in [2.24, 2.45) is 0 Å². The van der Waals surface area contributed by atoms with Crippen LogP contribution in [0.15, 0.2) is 17.6 Å². The Bertz CT molecular complexity index is 559. The minimum absolute atomic E-state index is 0.265. The van der Waals surface area contributed by atoms with Gasteiger partial charge >= 0.3 is 0 Å². The first-order valence-corrected chi connectivity index (χ1v) is 7.81. The Hall–Kier alpha value is -1.13. The monoisotopic (exact) mass is 276 g/mol. The molecule has 2 heterocycles. The van der Waals surface area contributed by atoms with E-state index in [9.17, 15) is 5.11 Å². The molecule has 0 spiro atoms. The zero-order valence-corrected chi connectivity index (χ0v) is 12.3. The Labute approximate surface area is 117 Å². The van der Waals surface area contributed by atoms with Crippen LogP contribution in [0.5, 0.6) is 0 Å². The van der Waals surface area contributed by atoms with E-state index < -0.39 is 0 Å². The SMILES string of the molecule is Cc1cc2c(n1CC(C)c1nccs1)CCCC2O. The van der Waals surface area contributed by atoms with Gasteiger partial charge < -0.3 is 9.67 Å². The molecule has 0 fully saturated rings. The quantitative estimate of drug-likeness (QED) is 0.932. The van der Waals surface area contributed by atoms with E-state index in [1.807, 2.05) is 11.6 Å². The molecule has 0 saturated carbocycles. The van der Waals surface area contributed by atoms with Crippen LogP contribution in [0, 0.1) is 6.92 Å². The van der Waals surface area contributed by atoms with Crippen LogP contribution in [0.2, 0.25) is 0 Å². The van der Waals surface area contributed by atoms with Gasteiger partial charge in [-0.15, -0.1) is 11.3 Å². The van der Waals surface area contributed by atoms with E-state index in [1.54, 1.807) is 11.3 Å². The zero-order valence-electron chi connectivity index (χ0n) is 11.5. The Morgan fingerprint density at radius 2 is 2.42 bits per heavy atom. The summed E-state index contributed by atoms with van der Waals surface area (Å²) in [6, 6.07) is 2.16. The molecule has 19 heavy (non-hydrogen) atoms. The van der Waals surface area contributed by atoms with Gasteiger partial charge in [0.1, 0.15) is 0 Å². The average molecular weight is 276 g/mol. The molecule has 3 rings (SSSR count). The summed E-state index contributed by atoms with van der Waals surface area (Å²) in [4.78, 5) is 4.41. The molecule has 3 nitrogen and oxygen atoms in total. The van der Waals surface area contributed by atoms with Crippen molar-refractivity contribution < 1.29 is 5.11 Å². The molecule has 2 aromatic rings. The normalized spacial score (nSPS) is 20.3. The van der Waals surface area contributed by atoms with E-state index in [4.69, 9.17) is 0 Å². The highest BCUT2D eigenvalue weighted by Crippen LogP contribution is 2.33. The lowest BCUT2D eigenvalue weighted by Crippen LogP contribution is -2.15. The second kappa shape index (κ2) is 5.10. The molecule has 0 aliphatic heterocycles. The minimum Gasteiger partial charge on any atom is -0.388 e. The first-order chi connectivity index (χ1) is 9.16. The predicted octanol–water partition coefficient (Wildman–Crippen LogP) is 3.43. The van der Waals surface area contributed by atoms with E-state index in [0.717, 1.165) is 31.4 Å². The summed E-state index contributed by atoms with van der Waals surface area (Å²) in [5.74, 6) is 0.425. The number of aromatic nitrogens is 2. The lowest BCUT2D eigenvalue weighted by molar-refractivity contribution is 0.155. The molecule has 0 amide bonds. The molecule has 1 aliphatic rings. The van der Waals surface area contributed by atoms with Crippen molar-refractivity contribution in [1.82, 2.24) is 9.55 Å². The van der Waals surface area contributed by atoms with Crippen LogP contribution in [-0.2, 0) is 13.0 Å². The van der Waals surface area contributed by atoms with Crippen molar-refractivity contribution in [2.45, 2.75) is 51.7 Å². The number of hydrogen-bond donors (Lipinski definition) is 1. The van der Waals surface area contributed by atoms with E-state index in [1.165, 1.54) is 16.4 Å². The van der Waals surface area contributed by atoms with Gasteiger partial charge in [0.15, 0.2) is 0 Å². The molecule has 102 valence electrons. The van der Waals surface area contributed by atoms with Crippen molar-refractivity contribution in [3.05, 3.63) is 39.6 Å². The van der Waals surface area contributed by atoms with Gasteiger partial charge in [0.25, 0.3) is 0 Å². The fourth-order valence-electron chi connectivity index (χ4n) is 3.03. The average Bonchev–Trinajstić information content (AvgIpc) is 3.00. The molecule has 2 aromatic heterocycles. The van der Waals surface area contributed by atoms with Crippen LogP contribution in [-0.4, -0.2) is 14.7 Å². The van der Waals surface area contributed by atoms with E-state index in [-0.39, 0.29) is 6.10 Å². The predicted molar refractivity (Wildman–Crippen MR) is 77.6 cm³/mol. The molecule has 0 saturated heterocycles. The van der Waals surface area contributed by atoms with Crippen LogP contribution in [0.4, 0.5) is 0 Å². The highest BCUT2D eigenvalue weighted by molar-refractivity contribution is 7.09. The number of nitrogens with zero attached hydrogens (tertiary/aromatic N) is 2. The second-order valence-corrected chi connectivity index (χ2v) is 6.40. The van der Waals surface area contributed by atoms with Crippen molar-refractivity contribution in [3.63, 3.8) is 0 Å². The highest BCUT2D eigenvalue weighted by Gasteiger charge is 2.24. The van der Waals surface area contributed by atoms with Crippen molar-refractivity contribution in [2.75, 3.05) is 0 Å². The molecular weight excluding hydrogens is 256 g/mol. The van der Waals surface area contributed by atoms with Gasteiger partial charge in [-0.3, -0.25) is 0 Å². The van der Waals surface area contributed by atoms with Crippen LogP contribution < -0.4 is 0 Å².